The molecule has 0 bridgehead atoms. The zero-order valence-electron chi connectivity index (χ0n) is 12.1. The molecule has 0 radical (unpaired) electrons. The number of rotatable bonds is 1. The van der Waals surface area contributed by atoms with E-state index in [1.165, 1.54) is 0 Å². The van der Waals surface area contributed by atoms with Crippen LogP contribution in [-0.4, -0.2) is 32.6 Å². The van der Waals surface area contributed by atoms with Gasteiger partial charge in [-0.2, -0.15) is 0 Å². The molecule has 2 aliphatic carbocycles. The summed E-state index contributed by atoms with van der Waals surface area (Å²) < 4.78 is 0. The minimum absolute atomic E-state index is 0.00905. The number of hydrogen-bond donors (Lipinski definition) is 3. The van der Waals surface area contributed by atoms with E-state index in [0.717, 1.165) is 19.3 Å². The summed E-state index contributed by atoms with van der Waals surface area (Å²) in [5, 5.41) is 31.7. The van der Waals surface area contributed by atoms with Crippen LogP contribution in [-0.2, 0) is 0 Å². The first-order valence-electron chi connectivity index (χ1n) is 7.25. The highest BCUT2D eigenvalue weighted by atomic mass is 16.3. The summed E-state index contributed by atoms with van der Waals surface area (Å²) in [4.78, 5) is 0. The van der Waals surface area contributed by atoms with E-state index in [9.17, 15) is 15.3 Å². The Morgan fingerprint density at radius 1 is 1.06 bits per heavy atom. The largest absolute Gasteiger partial charge is 0.390 e. The quantitative estimate of drug-likeness (QED) is 0.673. The summed E-state index contributed by atoms with van der Waals surface area (Å²) in [7, 11) is 0. The van der Waals surface area contributed by atoms with E-state index < -0.39 is 17.3 Å². The summed E-state index contributed by atoms with van der Waals surface area (Å²) >= 11 is 0. The highest BCUT2D eigenvalue weighted by Crippen LogP contribution is 2.57. The second-order valence-corrected chi connectivity index (χ2v) is 7.49. The van der Waals surface area contributed by atoms with Crippen molar-refractivity contribution in [1.29, 1.82) is 0 Å². The van der Waals surface area contributed by atoms with Gasteiger partial charge in [-0.1, -0.05) is 27.2 Å². The van der Waals surface area contributed by atoms with Gasteiger partial charge in [0.25, 0.3) is 0 Å². The van der Waals surface area contributed by atoms with Gasteiger partial charge < -0.3 is 15.3 Å². The lowest BCUT2D eigenvalue weighted by Crippen LogP contribution is -2.62. The third-order valence-electron chi connectivity index (χ3n) is 5.79. The second-order valence-electron chi connectivity index (χ2n) is 7.49. The van der Waals surface area contributed by atoms with Crippen molar-refractivity contribution in [2.45, 2.75) is 77.1 Å². The molecule has 0 spiro atoms. The molecule has 2 saturated carbocycles. The molecule has 2 fully saturated rings. The summed E-state index contributed by atoms with van der Waals surface area (Å²) in [5.41, 5.74) is -1.80. The maximum Gasteiger partial charge on any atom is 0.0932 e. The Labute approximate surface area is 110 Å². The summed E-state index contributed by atoms with van der Waals surface area (Å²) in [6.45, 7) is 7.95. The van der Waals surface area contributed by atoms with Crippen molar-refractivity contribution in [3.05, 3.63) is 0 Å². The molecule has 0 amide bonds. The van der Waals surface area contributed by atoms with Crippen LogP contribution in [0.15, 0.2) is 0 Å². The van der Waals surface area contributed by atoms with Crippen LogP contribution in [0.25, 0.3) is 0 Å². The molecular formula is C15H28O3. The molecule has 1 unspecified atom stereocenters. The molecule has 0 aliphatic heterocycles. The molecule has 3 N–H and O–H groups in total. The molecule has 2 aliphatic rings. The normalized spacial score (nSPS) is 53.3. The predicted molar refractivity (Wildman–Crippen MR) is 71.1 cm³/mol. The van der Waals surface area contributed by atoms with Crippen LogP contribution in [0.1, 0.15) is 59.8 Å². The van der Waals surface area contributed by atoms with E-state index in [0.29, 0.717) is 12.8 Å². The highest BCUT2D eigenvalue weighted by Gasteiger charge is 2.58. The van der Waals surface area contributed by atoms with Crippen LogP contribution < -0.4 is 0 Å². The Morgan fingerprint density at radius 2 is 1.67 bits per heavy atom. The zero-order valence-corrected chi connectivity index (χ0v) is 12.1. The van der Waals surface area contributed by atoms with E-state index in [2.05, 4.69) is 6.92 Å². The lowest BCUT2D eigenvalue weighted by atomic mass is 9.51. The molecular weight excluding hydrogens is 228 g/mol. The lowest BCUT2D eigenvalue weighted by Gasteiger charge is -2.58. The average Bonchev–Trinajstić information content (AvgIpc) is 2.21. The van der Waals surface area contributed by atoms with E-state index in [4.69, 9.17) is 0 Å². The van der Waals surface area contributed by atoms with Gasteiger partial charge in [-0.3, -0.25) is 0 Å². The number of aliphatic hydroxyl groups excluding tert-OH is 1. The smallest absolute Gasteiger partial charge is 0.0932 e. The maximum atomic E-state index is 10.7. The number of fused-ring (bicyclic) bond motifs is 1. The van der Waals surface area contributed by atoms with Gasteiger partial charge in [0.15, 0.2) is 0 Å². The Hall–Kier alpha value is -0.120. The molecule has 3 nitrogen and oxygen atoms in total. The fraction of sp³-hybridized carbons (Fsp3) is 1.00. The molecule has 18 heavy (non-hydrogen) atoms. The van der Waals surface area contributed by atoms with E-state index >= 15 is 0 Å². The molecule has 0 aromatic rings. The second kappa shape index (κ2) is 4.19. The average molecular weight is 256 g/mol. The molecule has 0 heterocycles. The van der Waals surface area contributed by atoms with Crippen LogP contribution in [0.4, 0.5) is 0 Å². The van der Waals surface area contributed by atoms with Gasteiger partial charge in [-0.25, -0.2) is 0 Å². The van der Waals surface area contributed by atoms with Gasteiger partial charge in [0.05, 0.1) is 17.3 Å². The van der Waals surface area contributed by atoms with Gasteiger partial charge in [-0.05, 0) is 49.9 Å². The topological polar surface area (TPSA) is 60.7 Å². The summed E-state index contributed by atoms with van der Waals surface area (Å²) in [6, 6.07) is 0. The molecule has 0 aromatic heterocycles. The van der Waals surface area contributed by atoms with Gasteiger partial charge in [0, 0.05) is 0 Å². The summed E-state index contributed by atoms with van der Waals surface area (Å²) in [5.74, 6) is 0.0873. The number of hydrogen-bond acceptors (Lipinski definition) is 3. The van der Waals surface area contributed by atoms with E-state index in [1.54, 1.807) is 0 Å². The standard InChI is InChI=1S/C15H28O3/c1-10(2)15(18)8-11-13(3,9-12(15)16)6-5-7-14(11,4)17/h10-12,16-18H,5-9H2,1-4H3/t11-,12?,13-,14-,15+/m1/s1. The Kier molecular flexibility index (Phi) is 3.33. The fourth-order valence-corrected chi connectivity index (χ4v) is 4.36. The van der Waals surface area contributed by atoms with Crippen molar-refractivity contribution in [3.63, 3.8) is 0 Å². The van der Waals surface area contributed by atoms with Gasteiger partial charge in [0.1, 0.15) is 0 Å². The predicted octanol–water partition coefficient (Wildman–Crippen LogP) is 2.09. The van der Waals surface area contributed by atoms with Crippen LogP contribution in [0.2, 0.25) is 0 Å². The molecule has 2 rings (SSSR count). The van der Waals surface area contributed by atoms with Gasteiger partial charge >= 0.3 is 0 Å². The highest BCUT2D eigenvalue weighted by molar-refractivity contribution is 5.09. The lowest BCUT2D eigenvalue weighted by molar-refractivity contribution is -0.218. The Morgan fingerprint density at radius 3 is 2.22 bits per heavy atom. The van der Waals surface area contributed by atoms with E-state index in [-0.39, 0.29) is 17.3 Å². The third kappa shape index (κ3) is 2.00. The van der Waals surface area contributed by atoms with Crippen LogP contribution in [0.3, 0.4) is 0 Å². The van der Waals surface area contributed by atoms with E-state index in [1.807, 2.05) is 20.8 Å². The Balaban J connectivity index is 2.33. The minimum Gasteiger partial charge on any atom is -0.390 e. The van der Waals surface area contributed by atoms with Gasteiger partial charge in [-0.15, -0.1) is 0 Å². The van der Waals surface area contributed by atoms with Crippen molar-refractivity contribution in [3.8, 4) is 0 Å². The molecule has 0 aromatic carbocycles. The maximum absolute atomic E-state index is 10.7. The third-order valence-corrected chi connectivity index (χ3v) is 5.79. The first-order chi connectivity index (χ1) is 8.12. The molecule has 0 saturated heterocycles. The van der Waals surface area contributed by atoms with Crippen molar-refractivity contribution < 1.29 is 15.3 Å². The first kappa shape index (κ1) is 14.3. The fourth-order valence-electron chi connectivity index (χ4n) is 4.36. The van der Waals surface area contributed by atoms with Gasteiger partial charge in [0.2, 0.25) is 0 Å². The molecule has 5 atom stereocenters. The summed E-state index contributed by atoms with van der Waals surface area (Å²) in [6.07, 6.45) is 3.29. The van der Waals surface area contributed by atoms with Crippen LogP contribution >= 0.6 is 0 Å². The molecule has 3 heteroatoms. The van der Waals surface area contributed by atoms with Crippen molar-refractivity contribution in [2.24, 2.45) is 17.3 Å². The number of aliphatic hydroxyl groups is 3. The van der Waals surface area contributed by atoms with Crippen LogP contribution in [0, 0.1) is 17.3 Å². The van der Waals surface area contributed by atoms with Crippen LogP contribution in [0.5, 0.6) is 0 Å². The monoisotopic (exact) mass is 256 g/mol. The van der Waals surface area contributed by atoms with Crippen molar-refractivity contribution in [2.75, 3.05) is 0 Å². The van der Waals surface area contributed by atoms with Crippen molar-refractivity contribution >= 4 is 0 Å². The SMILES string of the molecule is CC(C)[C@@]1(O)C[C@@H]2[C@](C)(CCC[C@@]2(C)O)CC1O. The zero-order chi connectivity index (χ0) is 13.8. The Bertz CT molecular complexity index is 326. The van der Waals surface area contributed by atoms with Crippen molar-refractivity contribution in [1.82, 2.24) is 0 Å². The molecule has 106 valence electrons. The first-order valence-corrected chi connectivity index (χ1v) is 7.25. The minimum atomic E-state index is -1.05.